The summed E-state index contributed by atoms with van der Waals surface area (Å²) in [5.41, 5.74) is 2.12. The Bertz CT molecular complexity index is 598. The molecule has 3 rings (SSSR count). The van der Waals surface area contributed by atoms with Crippen LogP contribution < -0.4 is 12.7 Å². The van der Waals surface area contributed by atoms with Gasteiger partial charge in [-0.2, -0.15) is 0 Å². The molecule has 90 valence electrons. The van der Waals surface area contributed by atoms with Crippen molar-refractivity contribution in [2.45, 2.75) is 0 Å². The van der Waals surface area contributed by atoms with Gasteiger partial charge in [0.1, 0.15) is 0 Å². The molecular weight excluding hydrogens is 445 g/mol. The maximum absolute atomic E-state index is 6.37. The van der Waals surface area contributed by atoms with Gasteiger partial charge in [0.2, 0.25) is 0 Å². The summed E-state index contributed by atoms with van der Waals surface area (Å²) in [6.45, 7) is 1.21. The first-order valence-corrected chi connectivity index (χ1v) is 7.75. The van der Waals surface area contributed by atoms with E-state index >= 15 is 0 Å². The molecule has 0 N–H and O–H groups in total. The van der Waals surface area contributed by atoms with E-state index in [4.69, 9.17) is 21.1 Å². The van der Waals surface area contributed by atoms with Crippen LogP contribution in [0.25, 0.3) is 11.1 Å². The standard InChI is InChI=1S/C14H10ClO2.Bi/c15-12-4-2-1-3-11(12)10-5-6-13-14(9-10)17-8-7-16-13;/h1-3,5-6,9H,7-8H2;. The molecule has 0 unspecified atom stereocenters. The fraction of sp³-hybridized carbons (Fsp3) is 0.143. The Hall–Kier alpha value is -0.787. The molecule has 0 aliphatic carbocycles. The molecule has 2 nitrogen and oxygen atoms in total. The summed E-state index contributed by atoms with van der Waals surface area (Å²) in [6.07, 6.45) is 0. The summed E-state index contributed by atoms with van der Waals surface area (Å²) in [7, 11) is 0. The van der Waals surface area contributed by atoms with Crippen LogP contribution in [-0.2, 0) is 0 Å². The Kier molecular flexibility index (Phi) is 3.45. The summed E-state index contributed by atoms with van der Waals surface area (Å²) in [4.78, 5) is 0. The Balaban J connectivity index is 2.09. The molecule has 1 aliphatic heterocycles. The number of fused-ring (bicyclic) bond motifs is 1. The van der Waals surface area contributed by atoms with Crippen LogP contribution in [0.3, 0.4) is 0 Å². The second-order valence-electron chi connectivity index (χ2n) is 4.00. The van der Waals surface area contributed by atoms with Gasteiger partial charge < -0.3 is 0 Å². The average molecular weight is 455 g/mol. The summed E-state index contributed by atoms with van der Waals surface area (Å²) in [5.74, 6) is 1.60. The van der Waals surface area contributed by atoms with Gasteiger partial charge in [-0.15, -0.1) is 0 Å². The number of rotatable bonds is 1. The minimum absolute atomic E-state index is 0.601. The zero-order chi connectivity index (χ0) is 12.5. The molecule has 1 heterocycles. The summed E-state index contributed by atoms with van der Waals surface area (Å²) >= 11 is 7.53. The third-order valence-corrected chi connectivity index (χ3v) is 5.23. The van der Waals surface area contributed by atoms with Gasteiger partial charge in [-0.05, 0) is 0 Å². The SMILES string of the molecule is Clc1[c]([Bi])cccc1-c1ccc2c(c1)OCCO2. The van der Waals surface area contributed by atoms with Crippen molar-refractivity contribution in [3.63, 3.8) is 0 Å². The van der Waals surface area contributed by atoms with Crippen LogP contribution in [0.2, 0.25) is 5.02 Å². The number of hydrogen-bond acceptors (Lipinski definition) is 2. The van der Waals surface area contributed by atoms with E-state index < -0.39 is 0 Å². The van der Waals surface area contributed by atoms with Crippen molar-refractivity contribution in [3.05, 3.63) is 41.4 Å². The van der Waals surface area contributed by atoms with Crippen LogP contribution >= 0.6 is 11.6 Å². The second kappa shape index (κ2) is 5.07. The minimum atomic E-state index is 0.601. The molecule has 0 aromatic heterocycles. The van der Waals surface area contributed by atoms with Gasteiger partial charge in [0.05, 0.1) is 0 Å². The zero-order valence-corrected chi connectivity index (χ0v) is 13.8. The maximum atomic E-state index is 6.37. The van der Waals surface area contributed by atoms with Gasteiger partial charge in [0.15, 0.2) is 0 Å². The summed E-state index contributed by atoms with van der Waals surface area (Å²) in [5, 5.41) is 0.836. The van der Waals surface area contributed by atoms with Crippen LogP contribution in [-0.4, -0.2) is 37.9 Å². The molecule has 18 heavy (non-hydrogen) atoms. The van der Waals surface area contributed by atoms with Gasteiger partial charge in [0, 0.05) is 0 Å². The first-order valence-electron chi connectivity index (χ1n) is 5.63. The fourth-order valence-electron chi connectivity index (χ4n) is 1.95. The summed E-state index contributed by atoms with van der Waals surface area (Å²) < 4.78 is 12.3. The van der Waals surface area contributed by atoms with E-state index in [1.165, 1.54) is 3.27 Å². The molecule has 0 atom stereocenters. The third-order valence-electron chi connectivity index (χ3n) is 2.83. The van der Waals surface area contributed by atoms with Crippen molar-refractivity contribution in [1.82, 2.24) is 0 Å². The fourth-order valence-corrected chi connectivity index (χ4v) is 2.99. The van der Waals surface area contributed by atoms with Crippen LogP contribution in [0.15, 0.2) is 36.4 Å². The quantitative estimate of drug-likeness (QED) is 0.617. The topological polar surface area (TPSA) is 18.5 Å². The van der Waals surface area contributed by atoms with Crippen molar-refractivity contribution < 1.29 is 9.47 Å². The monoisotopic (exact) mass is 454 g/mol. The van der Waals surface area contributed by atoms with Crippen molar-refractivity contribution in [2.75, 3.05) is 13.2 Å². The predicted octanol–water partition coefficient (Wildman–Crippen LogP) is 2.57. The molecule has 0 spiro atoms. The van der Waals surface area contributed by atoms with E-state index in [2.05, 4.69) is 6.07 Å². The van der Waals surface area contributed by atoms with Gasteiger partial charge in [-0.25, -0.2) is 0 Å². The molecule has 0 amide bonds. The van der Waals surface area contributed by atoms with E-state index in [-0.39, 0.29) is 0 Å². The molecule has 0 fully saturated rings. The zero-order valence-electron chi connectivity index (χ0n) is 9.52. The van der Waals surface area contributed by atoms with E-state index in [0.717, 1.165) is 52.4 Å². The molecule has 0 bridgehead atoms. The van der Waals surface area contributed by atoms with Crippen LogP contribution in [0.1, 0.15) is 0 Å². The number of ether oxygens (including phenoxy) is 2. The van der Waals surface area contributed by atoms with Crippen LogP contribution in [0.5, 0.6) is 11.5 Å². The van der Waals surface area contributed by atoms with Gasteiger partial charge in [-0.1, -0.05) is 0 Å². The Morgan fingerprint density at radius 3 is 2.61 bits per heavy atom. The first kappa shape index (κ1) is 12.3. The van der Waals surface area contributed by atoms with E-state index in [1.807, 2.05) is 30.3 Å². The average Bonchev–Trinajstić information content (AvgIpc) is 2.41. The van der Waals surface area contributed by atoms with Crippen molar-refractivity contribution >= 4 is 39.6 Å². The Labute approximate surface area is 126 Å². The Morgan fingerprint density at radius 1 is 1.00 bits per heavy atom. The molecular formula is C14H10BiClO2. The third kappa shape index (κ3) is 2.22. The normalized spacial score (nSPS) is 13.4. The molecule has 2 aromatic carbocycles. The number of benzene rings is 2. The molecule has 0 saturated heterocycles. The van der Waals surface area contributed by atoms with E-state index in [1.54, 1.807) is 0 Å². The van der Waals surface area contributed by atoms with E-state index in [0.29, 0.717) is 13.2 Å². The van der Waals surface area contributed by atoms with Crippen molar-refractivity contribution in [1.29, 1.82) is 0 Å². The Morgan fingerprint density at radius 2 is 1.78 bits per heavy atom. The van der Waals surface area contributed by atoms with Crippen LogP contribution in [0, 0.1) is 0 Å². The van der Waals surface area contributed by atoms with Gasteiger partial charge >= 0.3 is 126 Å². The number of halogens is 1. The number of hydrogen-bond donors (Lipinski definition) is 0. The van der Waals surface area contributed by atoms with Crippen molar-refractivity contribution in [3.8, 4) is 22.6 Å². The first-order chi connectivity index (χ1) is 8.75. The van der Waals surface area contributed by atoms with Gasteiger partial charge in [-0.3, -0.25) is 0 Å². The molecule has 1 aliphatic rings. The molecule has 4 heteroatoms. The van der Waals surface area contributed by atoms with Crippen LogP contribution in [0.4, 0.5) is 0 Å². The van der Waals surface area contributed by atoms with Gasteiger partial charge in [0.25, 0.3) is 0 Å². The van der Waals surface area contributed by atoms with Crippen molar-refractivity contribution in [2.24, 2.45) is 0 Å². The molecule has 2 aromatic rings. The molecule has 2 radical (unpaired) electrons. The second-order valence-corrected chi connectivity index (χ2v) is 6.25. The predicted molar refractivity (Wildman–Crippen MR) is 73.3 cm³/mol. The molecule has 0 saturated carbocycles. The van der Waals surface area contributed by atoms with E-state index in [9.17, 15) is 0 Å². The summed E-state index contributed by atoms with van der Waals surface area (Å²) in [6, 6.07) is 12.1.